The first kappa shape index (κ1) is 14.6. The van der Waals surface area contributed by atoms with Gasteiger partial charge in [0.2, 0.25) is 0 Å². The van der Waals surface area contributed by atoms with Gasteiger partial charge in [0.1, 0.15) is 0 Å². The molecule has 5 nitrogen and oxygen atoms in total. The standard InChI is InChI=1S/C14H17NO4S/c1-3-15-10(9-20(18,19)4-2)8-12-11(14(16)17)6-5-7-13(12)15/h5-8H,3-4,9H2,1-2H3,(H,16,17). The number of hydrogen-bond donors (Lipinski definition) is 1. The van der Waals surface area contributed by atoms with E-state index in [0.717, 1.165) is 5.52 Å². The first-order valence-electron chi connectivity index (χ1n) is 6.44. The predicted molar refractivity (Wildman–Crippen MR) is 77.7 cm³/mol. The van der Waals surface area contributed by atoms with E-state index in [9.17, 15) is 18.3 Å². The topological polar surface area (TPSA) is 76.4 Å². The van der Waals surface area contributed by atoms with E-state index in [2.05, 4.69) is 0 Å². The highest BCUT2D eigenvalue weighted by atomic mass is 32.2. The second kappa shape index (κ2) is 5.28. The Morgan fingerprint density at radius 3 is 2.55 bits per heavy atom. The quantitative estimate of drug-likeness (QED) is 0.918. The van der Waals surface area contributed by atoms with Crippen molar-refractivity contribution >= 4 is 26.7 Å². The summed E-state index contributed by atoms with van der Waals surface area (Å²) in [6, 6.07) is 6.70. The van der Waals surface area contributed by atoms with Gasteiger partial charge in [-0.15, -0.1) is 0 Å². The number of benzene rings is 1. The summed E-state index contributed by atoms with van der Waals surface area (Å²) < 4.78 is 25.5. The third-order valence-electron chi connectivity index (χ3n) is 3.39. The maximum Gasteiger partial charge on any atom is 0.336 e. The molecule has 1 heterocycles. The van der Waals surface area contributed by atoms with Gasteiger partial charge in [-0.25, -0.2) is 13.2 Å². The summed E-state index contributed by atoms with van der Waals surface area (Å²) in [6.45, 7) is 4.12. The molecule has 2 aromatic rings. The van der Waals surface area contributed by atoms with Crippen molar-refractivity contribution in [1.29, 1.82) is 0 Å². The molecule has 20 heavy (non-hydrogen) atoms. The number of sulfone groups is 1. The Morgan fingerprint density at radius 2 is 2.00 bits per heavy atom. The van der Waals surface area contributed by atoms with Crippen molar-refractivity contribution < 1.29 is 18.3 Å². The summed E-state index contributed by atoms with van der Waals surface area (Å²) in [4.78, 5) is 11.2. The molecule has 0 spiro atoms. The highest BCUT2D eigenvalue weighted by Gasteiger charge is 2.18. The minimum Gasteiger partial charge on any atom is -0.478 e. The van der Waals surface area contributed by atoms with Gasteiger partial charge in [0, 0.05) is 28.9 Å². The molecule has 1 aromatic carbocycles. The van der Waals surface area contributed by atoms with Crippen molar-refractivity contribution in [2.24, 2.45) is 0 Å². The summed E-state index contributed by atoms with van der Waals surface area (Å²) in [5, 5.41) is 9.79. The van der Waals surface area contributed by atoms with E-state index in [1.54, 1.807) is 19.1 Å². The number of fused-ring (bicyclic) bond motifs is 1. The highest BCUT2D eigenvalue weighted by Crippen LogP contribution is 2.25. The monoisotopic (exact) mass is 295 g/mol. The molecule has 108 valence electrons. The summed E-state index contributed by atoms with van der Waals surface area (Å²) >= 11 is 0. The summed E-state index contributed by atoms with van der Waals surface area (Å²) in [6.07, 6.45) is 0. The van der Waals surface area contributed by atoms with E-state index in [0.29, 0.717) is 17.6 Å². The van der Waals surface area contributed by atoms with Crippen LogP contribution >= 0.6 is 0 Å². The number of nitrogens with zero attached hydrogens (tertiary/aromatic N) is 1. The average Bonchev–Trinajstić information content (AvgIpc) is 2.74. The minimum atomic E-state index is -3.15. The van der Waals surface area contributed by atoms with Crippen LogP contribution in [0.1, 0.15) is 29.9 Å². The molecule has 0 atom stereocenters. The molecule has 0 aliphatic heterocycles. The van der Waals surface area contributed by atoms with Crippen molar-refractivity contribution in [2.45, 2.75) is 26.1 Å². The molecule has 2 rings (SSSR count). The van der Waals surface area contributed by atoms with Crippen molar-refractivity contribution in [3.05, 3.63) is 35.5 Å². The van der Waals surface area contributed by atoms with E-state index in [4.69, 9.17) is 0 Å². The maximum atomic E-state index is 11.8. The number of aromatic nitrogens is 1. The predicted octanol–water partition coefficient (Wildman–Crippen LogP) is 2.29. The van der Waals surface area contributed by atoms with E-state index >= 15 is 0 Å². The number of aryl methyl sites for hydroxylation is 1. The third kappa shape index (κ3) is 2.56. The Kier molecular flexibility index (Phi) is 3.85. The molecule has 0 unspecified atom stereocenters. The number of aromatic carboxylic acids is 1. The number of carboxylic acid groups (broad SMARTS) is 1. The summed E-state index contributed by atoms with van der Waals surface area (Å²) in [5.74, 6) is -0.997. The van der Waals surface area contributed by atoms with Gasteiger partial charge >= 0.3 is 5.97 Å². The zero-order valence-corrected chi connectivity index (χ0v) is 12.3. The minimum absolute atomic E-state index is 0.0644. The molecule has 0 aliphatic rings. The van der Waals surface area contributed by atoms with Crippen LogP contribution in [-0.4, -0.2) is 29.8 Å². The summed E-state index contributed by atoms with van der Waals surface area (Å²) in [5.41, 5.74) is 1.59. The number of carboxylic acids is 1. The number of carbonyl (C=O) groups is 1. The van der Waals surface area contributed by atoms with Crippen LogP contribution in [0.4, 0.5) is 0 Å². The lowest BCUT2D eigenvalue weighted by Crippen LogP contribution is -2.10. The fourth-order valence-corrected chi connectivity index (χ4v) is 3.24. The van der Waals surface area contributed by atoms with Crippen LogP contribution in [0.25, 0.3) is 10.9 Å². The third-order valence-corrected chi connectivity index (χ3v) is 5.00. The zero-order chi connectivity index (χ0) is 14.9. The van der Waals surface area contributed by atoms with Crippen LogP contribution < -0.4 is 0 Å². The molecule has 6 heteroatoms. The smallest absolute Gasteiger partial charge is 0.336 e. The van der Waals surface area contributed by atoms with E-state index in [1.807, 2.05) is 17.6 Å². The van der Waals surface area contributed by atoms with Gasteiger partial charge in [0.05, 0.1) is 11.3 Å². The molecule has 0 aliphatic carbocycles. The first-order chi connectivity index (χ1) is 9.39. The molecule has 1 aromatic heterocycles. The van der Waals surface area contributed by atoms with Crippen molar-refractivity contribution in [3.63, 3.8) is 0 Å². The van der Waals surface area contributed by atoms with Crippen LogP contribution in [0.5, 0.6) is 0 Å². The Hall–Kier alpha value is -1.82. The largest absolute Gasteiger partial charge is 0.478 e. The SMILES string of the molecule is CCn1c(CS(=O)(=O)CC)cc2c(C(=O)O)cccc21. The van der Waals surface area contributed by atoms with E-state index < -0.39 is 15.8 Å². The normalized spacial score (nSPS) is 11.9. The average molecular weight is 295 g/mol. The van der Waals surface area contributed by atoms with Gasteiger partial charge in [-0.1, -0.05) is 13.0 Å². The lowest BCUT2D eigenvalue weighted by Gasteiger charge is -2.07. The van der Waals surface area contributed by atoms with Crippen molar-refractivity contribution in [2.75, 3.05) is 5.75 Å². The van der Waals surface area contributed by atoms with Gasteiger partial charge in [0.15, 0.2) is 9.84 Å². The molecular weight excluding hydrogens is 278 g/mol. The molecule has 0 bridgehead atoms. The molecular formula is C14H17NO4S. The van der Waals surface area contributed by atoms with Crippen LogP contribution in [0, 0.1) is 0 Å². The fraction of sp³-hybridized carbons (Fsp3) is 0.357. The Labute approximate surface area is 117 Å². The number of hydrogen-bond acceptors (Lipinski definition) is 3. The Bertz CT molecular complexity index is 759. The number of rotatable bonds is 5. The molecule has 0 amide bonds. The fourth-order valence-electron chi connectivity index (χ4n) is 2.35. The van der Waals surface area contributed by atoms with Crippen LogP contribution in [0.3, 0.4) is 0 Å². The molecule has 0 fully saturated rings. The van der Waals surface area contributed by atoms with Gasteiger partial charge in [0.25, 0.3) is 0 Å². The van der Waals surface area contributed by atoms with Gasteiger partial charge in [-0.2, -0.15) is 0 Å². The first-order valence-corrected chi connectivity index (χ1v) is 8.26. The van der Waals surface area contributed by atoms with Crippen LogP contribution in [-0.2, 0) is 22.1 Å². The van der Waals surface area contributed by atoms with Crippen molar-refractivity contribution in [1.82, 2.24) is 4.57 Å². The van der Waals surface area contributed by atoms with Crippen LogP contribution in [0.2, 0.25) is 0 Å². The lowest BCUT2D eigenvalue weighted by molar-refractivity contribution is 0.0699. The van der Waals surface area contributed by atoms with Gasteiger partial charge in [-0.05, 0) is 25.1 Å². The second-order valence-electron chi connectivity index (χ2n) is 4.60. The molecule has 0 saturated heterocycles. The van der Waals surface area contributed by atoms with Gasteiger partial charge < -0.3 is 9.67 Å². The van der Waals surface area contributed by atoms with Gasteiger partial charge in [-0.3, -0.25) is 0 Å². The van der Waals surface area contributed by atoms with E-state index in [1.165, 1.54) is 6.07 Å². The molecule has 0 radical (unpaired) electrons. The second-order valence-corrected chi connectivity index (χ2v) is 6.95. The Balaban J connectivity index is 2.68. The molecule has 1 N–H and O–H groups in total. The van der Waals surface area contributed by atoms with E-state index in [-0.39, 0.29) is 17.1 Å². The zero-order valence-electron chi connectivity index (χ0n) is 11.5. The Morgan fingerprint density at radius 1 is 1.30 bits per heavy atom. The van der Waals surface area contributed by atoms with Crippen LogP contribution in [0.15, 0.2) is 24.3 Å². The molecule has 0 saturated carbocycles. The van der Waals surface area contributed by atoms with Crippen molar-refractivity contribution in [3.8, 4) is 0 Å². The lowest BCUT2D eigenvalue weighted by atomic mass is 10.1. The summed E-state index contributed by atoms with van der Waals surface area (Å²) in [7, 11) is -3.15. The maximum absolute atomic E-state index is 11.8. The highest BCUT2D eigenvalue weighted by molar-refractivity contribution is 7.90.